The molecule has 0 saturated heterocycles. The third kappa shape index (κ3) is 5.65. The van der Waals surface area contributed by atoms with Crippen molar-refractivity contribution in [3.8, 4) is 0 Å². The lowest BCUT2D eigenvalue weighted by Crippen LogP contribution is -2.21. The fraction of sp³-hybridized carbons (Fsp3) is 0.167. The number of rotatable bonds is 6. The summed E-state index contributed by atoms with van der Waals surface area (Å²) >= 11 is 1.43. The van der Waals surface area contributed by atoms with Crippen LogP contribution in [-0.2, 0) is 14.3 Å². The number of esters is 1. The van der Waals surface area contributed by atoms with Gasteiger partial charge in [0.25, 0.3) is 5.91 Å². The van der Waals surface area contributed by atoms with Crippen LogP contribution in [0, 0.1) is 0 Å². The second kappa shape index (κ2) is 8.89. The van der Waals surface area contributed by atoms with Crippen molar-refractivity contribution in [1.29, 1.82) is 0 Å². The van der Waals surface area contributed by atoms with Gasteiger partial charge >= 0.3 is 5.97 Å². The van der Waals surface area contributed by atoms with Crippen LogP contribution >= 0.6 is 11.8 Å². The predicted molar refractivity (Wildman–Crippen MR) is 97.9 cm³/mol. The molecule has 0 aliphatic heterocycles. The van der Waals surface area contributed by atoms with E-state index in [1.807, 2.05) is 18.4 Å². The van der Waals surface area contributed by atoms with E-state index in [4.69, 9.17) is 4.74 Å². The Bertz CT molecular complexity index is 792. The number of hydrogen-bond donors (Lipinski definition) is 2. The van der Waals surface area contributed by atoms with Gasteiger partial charge < -0.3 is 15.4 Å². The number of carbonyl (C=O) groups is 3. The van der Waals surface area contributed by atoms with Crippen LogP contribution in [0.3, 0.4) is 0 Å². The Morgan fingerprint density at radius 2 is 1.68 bits per heavy atom. The molecule has 0 aromatic heterocycles. The monoisotopic (exact) mass is 358 g/mol. The summed E-state index contributed by atoms with van der Waals surface area (Å²) in [4.78, 5) is 35.9. The third-order valence-electron chi connectivity index (χ3n) is 3.13. The van der Waals surface area contributed by atoms with E-state index in [2.05, 4.69) is 10.6 Å². The number of carbonyl (C=O) groups excluding carboxylic acids is 3. The minimum absolute atomic E-state index is 0.204. The molecule has 25 heavy (non-hydrogen) atoms. The van der Waals surface area contributed by atoms with Gasteiger partial charge in [-0.1, -0.05) is 18.2 Å². The summed E-state index contributed by atoms with van der Waals surface area (Å²) in [5.41, 5.74) is 1.49. The zero-order chi connectivity index (χ0) is 18.2. The Hall–Kier alpha value is -2.80. The van der Waals surface area contributed by atoms with Gasteiger partial charge in [0.15, 0.2) is 6.61 Å². The smallest absolute Gasteiger partial charge is 0.339 e. The van der Waals surface area contributed by atoms with E-state index in [9.17, 15) is 14.4 Å². The zero-order valence-electron chi connectivity index (χ0n) is 13.9. The lowest BCUT2D eigenvalue weighted by molar-refractivity contribution is -0.119. The SMILES string of the molecule is CSc1ccccc1C(=O)OCC(=O)Nc1cccc(NC(C)=O)c1. The summed E-state index contributed by atoms with van der Waals surface area (Å²) < 4.78 is 5.07. The Balaban J connectivity index is 1.92. The molecule has 130 valence electrons. The van der Waals surface area contributed by atoms with Gasteiger partial charge in [0.05, 0.1) is 5.56 Å². The Morgan fingerprint density at radius 1 is 1.00 bits per heavy atom. The Morgan fingerprint density at radius 3 is 2.36 bits per heavy atom. The van der Waals surface area contributed by atoms with Crippen LogP contribution in [0.15, 0.2) is 53.4 Å². The summed E-state index contributed by atoms with van der Waals surface area (Å²) in [6, 6.07) is 13.7. The molecule has 0 unspecified atom stereocenters. The van der Waals surface area contributed by atoms with Crippen LogP contribution in [-0.4, -0.2) is 30.6 Å². The normalized spacial score (nSPS) is 10.0. The topological polar surface area (TPSA) is 84.5 Å². The highest BCUT2D eigenvalue weighted by Gasteiger charge is 2.14. The molecule has 2 amide bonds. The molecule has 0 bridgehead atoms. The van der Waals surface area contributed by atoms with E-state index < -0.39 is 18.5 Å². The molecule has 0 heterocycles. The molecule has 0 aliphatic rings. The van der Waals surface area contributed by atoms with Gasteiger partial charge in [0.2, 0.25) is 5.91 Å². The number of nitrogens with one attached hydrogen (secondary N) is 2. The average Bonchev–Trinajstić information content (AvgIpc) is 2.59. The van der Waals surface area contributed by atoms with Crippen molar-refractivity contribution in [2.75, 3.05) is 23.5 Å². The van der Waals surface area contributed by atoms with Crippen LogP contribution in [0.4, 0.5) is 11.4 Å². The van der Waals surface area contributed by atoms with Crippen molar-refractivity contribution in [1.82, 2.24) is 0 Å². The van der Waals surface area contributed by atoms with Gasteiger partial charge in [0, 0.05) is 23.2 Å². The van der Waals surface area contributed by atoms with Crippen molar-refractivity contribution in [2.24, 2.45) is 0 Å². The minimum atomic E-state index is -0.549. The van der Waals surface area contributed by atoms with E-state index in [-0.39, 0.29) is 5.91 Å². The molecule has 2 rings (SSSR count). The second-order valence-electron chi connectivity index (χ2n) is 5.09. The van der Waals surface area contributed by atoms with Crippen molar-refractivity contribution in [3.63, 3.8) is 0 Å². The summed E-state index contributed by atoms with van der Waals surface area (Å²) in [5.74, 6) is -1.22. The number of thioether (sulfide) groups is 1. The highest BCUT2D eigenvalue weighted by molar-refractivity contribution is 7.98. The fourth-order valence-corrected chi connectivity index (χ4v) is 2.68. The van der Waals surface area contributed by atoms with Gasteiger partial charge in [0.1, 0.15) is 0 Å². The van der Waals surface area contributed by atoms with Crippen molar-refractivity contribution in [2.45, 2.75) is 11.8 Å². The van der Waals surface area contributed by atoms with Crippen LogP contribution < -0.4 is 10.6 Å². The first-order chi connectivity index (χ1) is 12.0. The standard InChI is InChI=1S/C18H18N2O4S/c1-12(21)19-13-6-5-7-14(10-13)20-17(22)11-24-18(23)15-8-3-4-9-16(15)25-2/h3-10H,11H2,1-2H3,(H,19,21)(H,20,22). The predicted octanol–water partition coefficient (Wildman–Crippen LogP) is 3.16. The summed E-state index contributed by atoms with van der Waals surface area (Å²) in [6.45, 7) is 1.00. The molecule has 0 fully saturated rings. The first kappa shape index (κ1) is 18.5. The van der Waals surface area contributed by atoms with Crippen molar-refractivity contribution in [3.05, 3.63) is 54.1 Å². The largest absolute Gasteiger partial charge is 0.452 e. The molecule has 0 saturated carbocycles. The highest BCUT2D eigenvalue weighted by atomic mass is 32.2. The number of ether oxygens (including phenoxy) is 1. The van der Waals surface area contributed by atoms with E-state index in [0.29, 0.717) is 16.9 Å². The van der Waals surface area contributed by atoms with E-state index in [1.54, 1.807) is 36.4 Å². The van der Waals surface area contributed by atoms with Gasteiger partial charge in [-0.2, -0.15) is 0 Å². The molecule has 2 aromatic rings. The Labute approximate surface area is 149 Å². The van der Waals surface area contributed by atoms with Gasteiger partial charge in [-0.05, 0) is 36.6 Å². The van der Waals surface area contributed by atoms with Crippen molar-refractivity contribution >= 4 is 40.9 Å². The van der Waals surface area contributed by atoms with E-state index in [1.165, 1.54) is 18.7 Å². The fourth-order valence-electron chi connectivity index (χ4n) is 2.10. The lowest BCUT2D eigenvalue weighted by Gasteiger charge is -2.09. The molecule has 2 N–H and O–H groups in total. The third-order valence-corrected chi connectivity index (χ3v) is 3.92. The molecular formula is C18H18N2O4S. The number of anilines is 2. The van der Waals surface area contributed by atoms with E-state index >= 15 is 0 Å². The molecule has 2 aromatic carbocycles. The Kier molecular flexibility index (Phi) is 6.59. The molecule has 0 atom stereocenters. The van der Waals surface area contributed by atoms with Crippen LogP contribution in [0.25, 0.3) is 0 Å². The molecule has 0 aliphatic carbocycles. The van der Waals surface area contributed by atoms with Gasteiger partial charge in [-0.15, -0.1) is 11.8 Å². The quantitative estimate of drug-likeness (QED) is 0.612. The average molecular weight is 358 g/mol. The first-order valence-corrected chi connectivity index (χ1v) is 8.69. The van der Waals surface area contributed by atoms with Crippen LogP contribution in [0.1, 0.15) is 17.3 Å². The molecule has 0 radical (unpaired) electrons. The maximum Gasteiger partial charge on any atom is 0.339 e. The molecule has 6 nitrogen and oxygen atoms in total. The van der Waals surface area contributed by atoms with Gasteiger partial charge in [-0.3, -0.25) is 9.59 Å². The zero-order valence-corrected chi connectivity index (χ0v) is 14.7. The van der Waals surface area contributed by atoms with Gasteiger partial charge in [-0.25, -0.2) is 4.79 Å². The molecular weight excluding hydrogens is 340 g/mol. The number of hydrogen-bond acceptors (Lipinski definition) is 5. The number of benzene rings is 2. The number of amides is 2. The second-order valence-corrected chi connectivity index (χ2v) is 5.93. The first-order valence-electron chi connectivity index (χ1n) is 7.47. The minimum Gasteiger partial charge on any atom is -0.452 e. The summed E-state index contributed by atoms with van der Waals surface area (Å²) in [6.07, 6.45) is 1.86. The summed E-state index contributed by atoms with van der Waals surface area (Å²) in [5, 5.41) is 5.24. The van der Waals surface area contributed by atoms with E-state index in [0.717, 1.165) is 4.90 Å². The maximum atomic E-state index is 12.1. The summed E-state index contributed by atoms with van der Waals surface area (Å²) in [7, 11) is 0. The van der Waals surface area contributed by atoms with Crippen LogP contribution in [0.5, 0.6) is 0 Å². The van der Waals surface area contributed by atoms with Crippen molar-refractivity contribution < 1.29 is 19.1 Å². The van der Waals surface area contributed by atoms with Crippen LogP contribution in [0.2, 0.25) is 0 Å². The highest BCUT2D eigenvalue weighted by Crippen LogP contribution is 2.20. The molecule has 7 heteroatoms. The maximum absolute atomic E-state index is 12.1. The molecule has 0 spiro atoms. The lowest BCUT2D eigenvalue weighted by atomic mass is 10.2.